The molecule has 6 nitrogen and oxygen atoms in total. The van der Waals surface area contributed by atoms with Crippen LogP contribution in [-0.4, -0.2) is 35.5 Å². The number of nitrogens with one attached hydrogen (secondary N) is 1. The van der Waals surface area contributed by atoms with Crippen molar-refractivity contribution in [3.8, 4) is 0 Å². The van der Waals surface area contributed by atoms with E-state index in [2.05, 4.69) is 36.3 Å². The molecule has 1 aromatic heterocycles. The largest absolute Gasteiger partial charge is 0.349 e. The van der Waals surface area contributed by atoms with Crippen LogP contribution in [0.25, 0.3) is 0 Å². The molecule has 1 N–H and O–H groups in total. The third kappa shape index (κ3) is 5.24. The molecule has 1 heterocycles. The number of hydrogen-bond acceptors (Lipinski definition) is 6. The zero-order valence-electron chi connectivity index (χ0n) is 14.0. The Kier molecular flexibility index (Phi) is 5.78. The molecule has 0 atom stereocenters. The van der Waals surface area contributed by atoms with Gasteiger partial charge in [-0.15, -0.1) is 10.2 Å². The van der Waals surface area contributed by atoms with E-state index in [-0.39, 0.29) is 28.7 Å². The van der Waals surface area contributed by atoms with Crippen molar-refractivity contribution < 1.29 is 13.2 Å². The molecule has 1 fully saturated rings. The summed E-state index contributed by atoms with van der Waals surface area (Å²) >= 11 is 1.47. The molecule has 0 bridgehead atoms. The van der Waals surface area contributed by atoms with Gasteiger partial charge in [-0.25, -0.2) is 8.42 Å². The van der Waals surface area contributed by atoms with Gasteiger partial charge in [-0.1, -0.05) is 44.9 Å². The van der Waals surface area contributed by atoms with Gasteiger partial charge < -0.3 is 5.32 Å². The molecule has 0 unspecified atom stereocenters. The van der Waals surface area contributed by atoms with Crippen LogP contribution in [0.1, 0.15) is 62.9 Å². The highest BCUT2D eigenvalue weighted by atomic mass is 32.2. The molecule has 0 spiro atoms. The summed E-state index contributed by atoms with van der Waals surface area (Å²) in [5.74, 6) is -0.313. The van der Waals surface area contributed by atoms with E-state index < -0.39 is 9.84 Å². The van der Waals surface area contributed by atoms with E-state index in [1.807, 2.05) is 0 Å². The fraction of sp³-hybridized carbons (Fsp3) is 0.800. The summed E-state index contributed by atoms with van der Waals surface area (Å²) in [4.78, 5) is 11.9. The molecule has 0 radical (unpaired) electrons. The van der Waals surface area contributed by atoms with Gasteiger partial charge in [-0.2, -0.15) is 0 Å². The molecule has 0 aromatic carbocycles. The lowest BCUT2D eigenvalue weighted by molar-refractivity contribution is -0.120. The van der Waals surface area contributed by atoms with Gasteiger partial charge in [0.05, 0.1) is 17.5 Å². The Morgan fingerprint density at radius 3 is 2.48 bits per heavy atom. The van der Waals surface area contributed by atoms with Crippen molar-refractivity contribution in [1.29, 1.82) is 0 Å². The van der Waals surface area contributed by atoms with Gasteiger partial charge in [-0.3, -0.25) is 4.79 Å². The third-order valence-corrected chi connectivity index (χ3v) is 7.58. The highest BCUT2D eigenvalue weighted by molar-refractivity contribution is 7.92. The van der Waals surface area contributed by atoms with Gasteiger partial charge in [0.15, 0.2) is 9.84 Å². The van der Waals surface area contributed by atoms with Crippen LogP contribution in [0.4, 0.5) is 0 Å². The Hall–Kier alpha value is -1.02. The fourth-order valence-corrected chi connectivity index (χ4v) is 5.23. The molecule has 1 saturated carbocycles. The van der Waals surface area contributed by atoms with E-state index in [0.29, 0.717) is 6.54 Å². The van der Waals surface area contributed by atoms with Gasteiger partial charge in [0.1, 0.15) is 10.0 Å². The van der Waals surface area contributed by atoms with Crippen molar-refractivity contribution in [3.63, 3.8) is 0 Å². The predicted octanol–water partition coefficient (Wildman–Crippen LogP) is 2.20. The Morgan fingerprint density at radius 1 is 1.26 bits per heavy atom. The van der Waals surface area contributed by atoms with E-state index in [1.54, 1.807) is 0 Å². The minimum absolute atomic E-state index is 0.0176. The Balaban J connectivity index is 1.78. The Morgan fingerprint density at radius 2 is 1.91 bits per heavy atom. The number of nitrogens with zero attached hydrogens (tertiary/aromatic N) is 2. The van der Waals surface area contributed by atoms with Crippen LogP contribution in [-0.2, 0) is 26.6 Å². The summed E-state index contributed by atoms with van der Waals surface area (Å²) in [6.07, 6.45) is 3.45. The molecule has 1 amide bonds. The molecule has 8 heteroatoms. The van der Waals surface area contributed by atoms with E-state index in [0.717, 1.165) is 35.7 Å². The molecule has 23 heavy (non-hydrogen) atoms. The van der Waals surface area contributed by atoms with Crippen LogP contribution in [0.5, 0.6) is 0 Å². The molecule has 2 rings (SSSR count). The van der Waals surface area contributed by atoms with E-state index in [1.165, 1.54) is 11.3 Å². The maximum Gasteiger partial charge on any atom is 0.221 e. The van der Waals surface area contributed by atoms with Crippen molar-refractivity contribution in [3.05, 3.63) is 10.0 Å². The van der Waals surface area contributed by atoms with Crippen LogP contribution >= 0.6 is 11.3 Å². The zero-order valence-corrected chi connectivity index (χ0v) is 15.6. The average molecular weight is 360 g/mol. The number of carbonyl (C=O) groups is 1. The summed E-state index contributed by atoms with van der Waals surface area (Å²) in [6, 6.07) is 0. The lowest BCUT2D eigenvalue weighted by atomic mass is 9.98. The second kappa shape index (κ2) is 7.25. The molecule has 0 aliphatic heterocycles. The highest BCUT2D eigenvalue weighted by Crippen LogP contribution is 2.26. The van der Waals surface area contributed by atoms with Crippen LogP contribution in [0.2, 0.25) is 0 Å². The Bertz CT molecular complexity index is 641. The van der Waals surface area contributed by atoms with E-state index >= 15 is 0 Å². The number of aromatic nitrogens is 2. The summed E-state index contributed by atoms with van der Waals surface area (Å²) < 4.78 is 24.2. The molecule has 0 saturated heterocycles. The first-order valence-electron chi connectivity index (χ1n) is 7.99. The first kappa shape index (κ1) is 18.3. The van der Waals surface area contributed by atoms with Crippen LogP contribution < -0.4 is 5.32 Å². The van der Waals surface area contributed by atoms with Gasteiger partial charge in [0.25, 0.3) is 0 Å². The minimum atomic E-state index is -3.14. The minimum Gasteiger partial charge on any atom is -0.349 e. The SMILES string of the molecule is CC(C)(C)c1nnc(CNC(=O)CCS(=O)(=O)C2CCCC2)s1. The highest BCUT2D eigenvalue weighted by Gasteiger charge is 2.28. The number of amides is 1. The van der Waals surface area contributed by atoms with Crippen LogP contribution in [0, 0.1) is 0 Å². The lowest BCUT2D eigenvalue weighted by Crippen LogP contribution is -2.28. The molecular weight excluding hydrogens is 334 g/mol. The summed E-state index contributed by atoms with van der Waals surface area (Å²) in [7, 11) is -3.14. The number of carbonyl (C=O) groups excluding carboxylic acids is 1. The predicted molar refractivity (Wildman–Crippen MR) is 91.1 cm³/mol. The first-order chi connectivity index (χ1) is 10.7. The molecule has 130 valence electrons. The fourth-order valence-electron chi connectivity index (χ4n) is 2.54. The zero-order chi connectivity index (χ0) is 17.1. The van der Waals surface area contributed by atoms with E-state index in [4.69, 9.17) is 0 Å². The number of rotatable bonds is 6. The maximum absolute atomic E-state index is 12.1. The summed E-state index contributed by atoms with van der Waals surface area (Å²) in [6.45, 7) is 6.48. The standard InChI is InChI=1S/C15H25N3O3S2/c1-15(2,3)14-18-17-13(22-14)10-16-12(19)8-9-23(20,21)11-6-4-5-7-11/h11H,4-10H2,1-3H3,(H,16,19). The van der Waals surface area contributed by atoms with Crippen molar-refractivity contribution >= 4 is 27.1 Å². The Labute approximate surface area is 142 Å². The average Bonchev–Trinajstić information content (AvgIpc) is 3.13. The monoisotopic (exact) mass is 359 g/mol. The molecular formula is C15H25N3O3S2. The van der Waals surface area contributed by atoms with Crippen molar-refractivity contribution in [1.82, 2.24) is 15.5 Å². The van der Waals surface area contributed by atoms with Gasteiger partial charge >= 0.3 is 0 Å². The smallest absolute Gasteiger partial charge is 0.221 e. The molecule has 1 aliphatic rings. The van der Waals surface area contributed by atoms with Crippen molar-refractivity contribution in [2.75, 3.05) is 5.75 Å². The first-order valence-corrected chi connectivity index (χ1v) is 10.5. The van der Waals surface area contributed by atoms with Gasteiger partial charge in [0, 0.05) is 11.8 Å². The van der Waals surface area contributed by atoms with Crippen LogP contribution in [0.15, 0.2) is 0 Å². The molecule has 1 aliphatic carbocycles. The maximum atomic E-state index is 12.1. The van der Waals surface area contributed by atoms with Gasteiger partial charge in [0.2, 0.25) is 5.91 Å². The van der Waals surface area contributed by atoms with Gasteiger partial charge in [-0.05, 0) is 12.8 Å². The lowest BCUT2D eigenvalue weighted by Gasteiger charge is -2.12. The van der Waals surface area contributed by atoms with Crippen LogP contribution in [0.3, 0.4) is 0 Å². The quantitative estimate of drug-likeness (QED) is 0.841. The summed E-state index contributed by atoms with van der Waals surface area (Å²) in [5.41, 5.74) is -0.0602. The number of hydrogen-bond donors (Lipinski definition) is 1. The topological polar surface area (TPSA) is 89.0 Å². The van der Waals surface area contributed by atoms with E-state index in [9.17, 15) is 13.2 Å². The molecule has 1 aromatic rings. The summed E-state index contributed by atoms with van der Waals surface area (Å²) in [5, 5.41) is 12.3. The second-order valence-electron chi connectivity index (χ2n) is 7.05. The van der Waals surface area contributed by atoms with Crippen molar-refractivity contribution in [2.45, 2.75) is 70.1 Å². The normalized spacial score (nSPS) is 16.7. The third-order valence-electron chi connectivity index (χ3n) is 3.97. The van der Waals surface area contributed by atoms with Crippen molar-refractivity contribution in [2.24, 2.45) is 0 Å². The second-order valence-corrected chi connectivity index (χ2v) is 10.5. The number of sulfone groups is 1.